The molecule has 0 amide bonds. The molecule has 0 spiro atoms. The quantitative estimate of drug-likeness (QED) is 0.214. The molecule has 6 N–H and O–H groups in total. The Hall–Kier alpha value is -0.925. The van der Waals surface area contributed by atoms with Crippen LogP contribution in [-0.2, 0) is 31.6 Å². The zero-order chi connectivity index (χ0) is 23.2. The normalized spacial score (nSPS) is 30.1. The van der Waals surface area contributed by atoms with Gasteiger partial charge in [0, 0.05) is 13.5 Å². The lowest BCUT2D eigenvalue weighted by atomic mass is 10.2. The first kappa shape index (κ1) is 24.7. The Morgan fingerprint density at radius 1 is 1.32 bits per heavy atom. The minimum atomic E-state index is -5.38. The first-order chi connectivity index (χ1) is 14.2. The van der Waals surface area contributed by atoms with Gasteiger partial charge in [-0.25, -0.2) is 23.4 Å². The van der Waals surface area contributed by atoms with Crippen LogP contribution >= 0.6 is 23.1 Å². The van der Waals surface area contributed by atoms with E-state index in [1.807, 2.05) is 0 Å². The van der Waals surface area contributed by atoms with Gasteiger partial charge >= 0.3 is 15.6 Å². The van der Waals surface area contributed by atoms with E-state index >= 15 is 0 Å². The van der Waals surface area contributed by atoms with Crippen molar-refractivity contribution in [2.45, 2.75) is 31.0 Å². The molecule has 0 radical (unpaired) electrons. The van der Waals surface area contributed by atoms with Crippen LogP contribution in [0.3, 0.4) is 0 Å². The molecule has 3 rings (SSSR count). The van der Waals surface area contributed by atoms with Gasteiger partial charge in [0.25, 0.3) is 15.0 Å². The number of aliphatic hydroxyl groups excluding tert-OH is 1. The van der Waals surface area contributed by atoms with Gasteiger partial charge in [-0.3, -0.25) is 9.13 Å². The van der Waals surface area contributed by atoms with E-state index in [2.05, 4.69) is 18.6 Å². The van der Waals surface area contributed by atoms with Crippen molar-refractivity contribution in [2.75, 3.05) is 13.7 Å². The third kappa shape index (κ3) is 6.11. The fraction of sp³-hybridized carbons (Fsp3) is 0.636. The van der Waals surface area contributed by atoms with Crippen LogP contribution in [0.25, 0.3) is 0 Å². The van der Waals surface area contributed by atoms with E-state index in [9.17, 15) is 23.7 Å². The van der Waals surface area contributed by atoms with Gasteiger partial charge in [0.1, 0.15) is 18.0 Å². The zero-order valence-corrected chi connectivity index (χ0v) is 18.9. The monoisotopic (exact) mass is 503 g/mol. The summed E-state index contributed by atoms with van der Waals surface area (Å²) in [6.07, 6.45) is -0.297. The Morgan fingerprint density at radius 2 is 2.00 bits per heavy atom. The molecule has 2 aliphatic rings. The molecule has 31 heavy (non-hydrogen) atoms. The maximum Gasteiger partial charge on any atom is 0.487 e. The van der Waals surface area contributed by atoms with Gasteiger partial charge in [-0.05, 0) is 0 Å². The fourth-order valence-corrected chi connectivity index (χ4v) is 6.56. The van der Waals surface area contributed by atoms with Gasteiger partial charge in [-0.15, -0.1) is 0 Å². The van der Waals surface area contributed by atoms with Crippen molar-refractivity contribution in [1.82, 2.24) is 14.5 Å². The predicted molar refractivity (Wildman–Crippen MR) is 106 cm³/mol. The molecule has 0 aliphatic carbocycles. The summed E-state index contributed by atoms with van der Waals surface area (Å²) in [6, 6.07) is 0. The second-order valence-corrected chi connectivity index (χ2v) is 11.9. The Balaban J connectivity index is 1.62. The summed E-state index contributed by atoms with van der Waals surface area (Å²) in [5.74, 6) is 0.400. The van der Waals surface area contributed by atoms with Crippen LogP contribution in [0.2, 0.25) is 0 Å². The number of phosphoric acid groups is 2. The Bertz CT molecular complexity index is 1000. The first-order valence-corrected chi connectivity index (χ1v) is 13.6. The number of rotatable bonds is 8. The highest BCUT2D eigenvalue weighted by molar-refractivity contribution is 7.84. The second-order valence-electron chi connectivity index (χ2n) is 6.86. The van der Waals surface area contributed by atoms with E-state index in [1.165, 1.54) is 17.2 Å². The maximum atomic E-state index is 12.2. The van der Waals surface area contributed by atoms with Crippen molar-refractivity contribution in [3.8, 4) is 0 Å². The average Bonchev–Trinajstić information content (AvgIpc) is 3.16. The van der Waals surface area contributed by atoms with E-state index < -0.39 is 54.3 Å². The lowest BCUT2D eigenvalue weighted by Gasteiger charge is -2.26. The van der Waals surface area contributed by atoms with Gasteiger partial charge < -0.3 is 39.7 Å². The van der Waals surface area contributed by atoms with Crippen molar-refractivity contribution >= 4 is 42.8 Å². The third-order valence-electron chi connectivity index (χ3n) is 4.27. The number of fused-ring (bicyclic) bond motifs is 1. The predicted octanol–water partition coefficient (Wildman–Crippen LogP) is -0.922. The van der Waals surface area contributed by atoms with Gasteiger partial charge in [0.15, 0.2) is 12.0 Å². The SMILES string of the molecule is BP(=O)(OCC1CC(O)C(n2cnc3c2N=CN(C)C3N)O1)OP(=O)(O)OP(=O)(O)O. The van der Waals surface area contributed by atoms with Crippen LogP contribution in [-0.4, -0.2) is 74.0 Å². The zero-order valence-electron chi connectivity index (χ0n) is 16.2. The van der Waals surface area contributed by atoms with Gasteiger partial charge in [-0.2, -0.15) is 4.31 Å². The Kier molecular flexibility index (Phi) is 7.00. The molecular formula is C11H21BN5O11P3. The largest absolute Gasteiger partial charge is 0.487 e. The number of hydrogen-bond acceptors (Lipinski definition) is 12. The smallest absolute Gasteiger partial charge is 0.388 e. The summed E-state index contributed by atoms with van der Waals surface area (Å²) in [7, 11) is -12.5. The molecule has 1 aromatic heterocycles. The second kappa shape index (κ2) is 8.78. The number of aliphatic hydroxyl groups is 1. The molecule has 6 unspecified atom stereocenters. The van der Waals surface area contributed by atoms with Crippen LogP contribution in [0.1, 0.15) is 24.5 Å². The molecule has 0 bridgehead atoms. The molecule has 3 heterocycles. The minimum absolute atomic E-state index is 0.0447. The van der Waals surface area contributed by atoms with E-state index in [-0.39, 0.29) is 6.42 Å². The molecule has 0 aromatic carbocycles. The summed E-state index contributed by atoms with van der Waals surface area (Å²) < 4.78 is 54.5. The number of nitrogens with zero attached hydrogens (tertiary/aromatic N) is 4. The summed E-state index contributed by atoms with van der Waals surface area (Å²) in [5.41, 5.74) is 6.52. The van der Waals surface area contributed by atoms with Crippen molar-refractivity contribution < 1.29 is 51.4 Å². The van der Waals surface area contributed by atoms with E-state index in [4.69, 9.17) is 24.8 Å². The maximum absolute atomic E-state index is 12.2. The van der Waals surface area contributed by atoms with E-state index in [0.29, 0.717) is 11.5 Å². The standard InChI is InChI=1S/C11H21BN5O11P3/c1-16-4-15-10-8(9(16)13)14-5-17(10)11-7(18)2-6(26-11)3-25-29(12,19)27-31(23,24)28-30(20,21)22/h4-7,9,11,18H,2-3,12-13H2,1H3,(H,23,24)(H2,20,21,22). The van der Waals surface area contributed by atoms with Crippen LogP contribution in [0.4, 0.5) is 5.82 Å². The molecule has 2 aliphatic heterocycles. The minimum Gasteiger partial charge on any atom is -0.388 e. The van der Waals surface area contributed by atoms with Crippen LogP contribution < -0.4 is 5.73 Å². The van der Waals surface area contributed by atoms with E-state index in [0.717, 1.165) is 7.57 Å². The number of aromatic nitrogens is 2. The highest BCUT2D eigenvalue weighted by Crippen LogP contribution is 2.66. The molecular weight excluding hydrogens is 482 g/mol. The van der Waals surface area contributed by atoms with Crippen molar-refractivity contribution in [2.24, 2.45) is 10.7 Å². The van der Waals surface area contributed by atoms with Gasteiger partial charge in [0.2, 0.25) is 0 Å². The summed E-state index contributed by atoms with van der Waals surface area (Å²) >= 11 is 0. The van der Waals surface area contributed by atoms with Crippen molar-refractivity contribution in [3.63, 3.8) is 0 Å². The molecule has 0 saturated carbocycles. The van der Waals surface area contributed by atoms with E-state index in [1.54, 1.807) is 11.9 Å². The highest BCUT2D eigenvalue weighted by atomic mass is 31.3. The molecule has 174 valence electrons. The lowest BCUT2D eigenvalue weighted by molar-refractivity contribution is -0.0472. The van der Waals surface area contributed by atoms with Crippen LogP contribution in [0.15, 0.2) is 11.3 Å². The summed E-state index contributed by atoms with van der Waals surface area (Å²) in [5, 5.41) is 10.4. The lowest BCUT2D eigenvalue weighted by Crippen LogP contribution is -2.32. The average molecular weight is 503 g/mol. The highest BCUT2D eigenvalue weighted by Gasteiger charge is 2.41. The van der Waals surface area contributed by atoms with Crippen LogP contribution in [0.5, 0.6) is 0 Å². The summed E-state index contributed by atoms with van der Waals surface area (Å²) in [6.45, 7) is -0.431. The number of nitrogens with two attached hydrogens (primary N) is 1. The topological polar surface area (TPSA) is 228 Å². The van der Waals surface area contributed by atoms with Crippen molar-refractivity contribution in [1.29, 1.82) is 0 Å². The van der Waals surface area contributed by atoms with Gasteiger partial charge in [-0.1, -0.05) is 0 Å². The molecule has 1 aromatic rings. The molecule has 20 heteroatoms. The van der Waals surface area contributed by atoms with Gasteiger partial charge in [0.05, 0.1) is 25.4 Å². The number of aliphatic imine (C=N–C) groups is 1. The number of hydrogen-bond donors (Lipinski definition) is 5. The third-order valence-corrected chi connectivity index (χ3v) is 8.58. The summed E-state index contributed by atoms with van der Waals surface area (Å²) in [4.78, 5) is 36.6. The fourth-order valence-electron chi connectivity index (χ4n) is 2.97. The Morgan fingerprint density at radius 3 is 2.65 bits per heavy atom. The number of ether oxygens (including phenoxy) is 1. The molecule has 16 nitrogen and oxygen atoms in total. The van der Waals surface area contributed by atoms with Crippen molar-refractivity contribution in [3.05, 3.63) is 12.0 Å². The van der Waals surface area contributed by atoms with Crippen LogP contribution in [0, 0.1) is 0 Å². The first-order valence-electron chi connectivity index (χ1n) is 8.62. The number of imidazole rings is 1. The molecule has 1 saturated heterocycles. The molecule has 1 fully saturated rings. The Labute approximate surface area is 176 Å². The molecule has 6 atom stereocenters.